The predicted octanol–water partition coefficient (Wildman–Crippen LogP) is 0.00600. The summed E-state index contributed by atoms with van der Waals surface area (Å²) < 4.78 is 0. The number of carbonyl (C=O) groups is 1. The number of rotatable bonds is 1. The van der Waals surface area contributed by atoms with Crippen molar-refractivity contribution in [3.05, 3.63) is 0 Å². The van der Waals surface area contributed by atoms with Crippen LogP contribution in [0.2, 0.25) is 0 Å². The van der Waals surface area contributed by atoms with Crippen LogP contribution in [0.25, 0.3) is 0 Å². The Morgan fingerprint density at radius 1 is 1.64 bits per heavy atom. The second-order valence-electron chi connectivity index (χ2n) is 3.50. The minimum absolute atomic E-state index is 0.153. The fraction of sp³-hybridized carbons (Fsp3) is 0.857. The molecule has 0 unspecified atom stereocenters. The zero-order chi connectivity index (χ0) is 7.90. The van der Waals surface area contributed by atoms with Crippen molar-refractivity contribution in [2.45, 2.75) is 18.9 Å². The molecule has 1 saturated heterocycles. The third kappa shape index (κ3) is 1.07. The smallest absolute Gasteiger partial charge is 0.404 e. The lowest BCUT2D eigenvalue weighted by Crippen LogP contribution is -2.40. The normalized spacial score (nSPS) is 32.2. The van der Waals surface area contributed by atoms with Crippen LogP contribution in [0.4, 0.5) is 4.79 Å². The highest BCUT2D eigenvalue weighted by atomic mass is 16.4. The summed E-state index contributed by atoms with van der Waals surface area (Å²) in [6, 6.07) is 0.153. The molecule has 0 bridgehead atoms. The second-order valence-corrected chi connectivity index (χ2v) is 3.50. The van der Waals surface area contributed by atoms with Crippen molar-refractivity contribution in [3.63, 3.8) is 0 Å². The van der Waals surface area contributed by atoms with E-state index >= 15 is 0 Å². The SMILES string of the molecule is O=C(O)N[C@@H]1CNCC12CC2. The summed E-state index contributed by atoms with van der Waals surface area (Å²) in [5.41, 5.74) is 0.290. The Hall–Kier alpha value is -0.770. The molecule has 0 radical (unpaired) electrons. The van der Waals surface area contributed by atoms with Gasteiger partial charge in [-0.05, 0) is 12.8 Å². The zero-order valence-electron chi connectivity index (χ0n) is 6.26. The first-order valence-corrected chi connectivity index (χ1v) is 3.93. The van der Waals surface area contributed by atoms with Crippen molar-refractivity contribution in [1.29, 1.82) is 0 Å². The molecule has 2 rings (SSSR count). The van der Waals surface area contributed by atoms with E-state index in [1.807, 2.05) is 0 Å². The van der Waals surface area contributed by atoms with Crippen LogP contribution in [-0.2, 0) is 0 Å². The standard InChI is InChI=1S/C7H12N2O2/c10-6(11)9-5-3-8-4-7(5)1-2-7/h5,8-9H,1-4H2,(H,10,11)/t5-/m1/s1. The molecule has 4 nitrogen and oxygen atoms in total. The van der Waals surface area contributed by atoms with Crippen molar-refractivity contribution < 1.29 is 9.90 Å². The summed E-state index contributed by atoms with van der Waals surface area (Å²) >= 11 is 0. The Morgan fingerprint density at radius 2 is 2.36 bits per heavy atom. The van der Waals surface area contributed by atoms with Crippen molar-refractivity contribution in [1.82, 2.24) is 10.6 Å². The zero-order valence-corrected chi connectivity index (χ0v) is 6.26. The molecule has 2 fully saturated rings. The largest absolute Gasteiger partial charge is 0.465 e. The van der Waals surface area contributed by atoms with Crippen LogP contribution in [0.3, 0.4) is 0 Å². The molecule has 0 aromatic heterocycles. The van der Waals surface area contributed by atoms with Gasteiger partial charge in [-0.2, -0.15) is 0 Å². The highest BCUT2D eigenvalue weighted by Crippen LogP contribution is 2.50. The minimum Gasteiger partial charge on any atom is -0.465 e. The summed E-state index contributed by atoms with van der Waals surface area (Å²) in [4.78, 5) is 10.3. The molecule has 1 heterocycles. The van der Waals surface area contributed by atoms with Gasteiger partial charge in [-0.15, -0.1) is 0 Å². The van der Waals surface area contributed by atoms with Crippen molar-refractivity contribution >= 4 is 6.09 Å². The first kappa shape index (κ1) is 6.91. The van der Waals surface area contributed by atoms with Gasteiger partial charge in [0, 0.05) is 18.5 Å². The predicted molar refractivity (Wildman–Crippen MR) is 39.5 cm³/mol. The lowest BCUT2D eigenvalue weighted by atomic mass is 10.0. The maximum Gasteiger partial charge on any atom is 0.404 e. The Balaban J connectivity index is 1.97. The van der Waals surface area contributed by atoms with Gasteiger partial charge in [0.25, 0.3) is 0 Å². The van der Waals surface area contributed by atoms with Crippen LogP contribution in [0.1, 0.15) is 12.8 Å². The van der Waals surface area contributed by atoms with Crippen LogP contribution in [0, 0.1) is 5.41 Å². The molecular formula is C7H12N2O2. The molecular weight excluding hydrogens is 144 g/mol. The molecule has 3 N–H and O–H groups in total. The molecule has 1 aliphatic carbocycles. The average Bonchev–Trinajstić information content (AvgIpc) is 2.56. The Kier molecular flexibility index (Phi) is 1.32. The maximum absolute atomic E-state index is 10.3. The molecule has 0 aromatic carbocycles. The summed E-state index contributed by atoms with van der Waals surface area (Å²) in [6.45, 7) is 1.78. The molecule has 1 atom stereocenters. The van der Waals surface area contributed by atoms with Gasteiger partial charge in [-0.25, -0.2) is 4.79 Å². The van der Waals surface area contributed by atoms with Gasteiger partial charge in [-0.1, -0.05) is 0 Å². The van der Waals surface area contributed by atoms with E-state index in [0.29, 0.717) is 5.41 Å². The number of hydrogen-bond donors (Lipinski definition) is 3. The van der Waals surface area contributed by atoms with Gasteiger partial charge < -0.3 is 15.7 Å². The molecule has 11 heavy (non-hydrogen) atoms. The van der Waals surface area contributed by atoms with Crippen LogP contribution < -0.4 is 10.6 Å². The number of amides is 1. The van der Waals surface area contributed by atoms with Gasteiger partial charge >= 0.3 is 6.09 Å². The molecule has 2 aliphatic rings. The highest BCUT2D eigenvalue weighted by molar-refractivity contribution is 5.65. The van der Waals surface area contributed by atoms with Crippen LogP contribution >= 0.6 is 0 Å². The Labute approximate surface area is 65.0 Å². The number of nitrogens with one attached hydrogen (secondary N) is 2. The summed E-state index contributed by atoms with van der Waals surface area (Å²) in [5.74, 6) is 0. The number of hydrogen-bond acceptors (Lipinski definition) is 2. The fourth-order valence-electron chi connectivity index (χ4n) is 1.84. The quantitative estimate of drug-likeness (QED) is 0.501. The lowest BCUT2D eigenvalue weighted by molar-refractivity contribution is 0.186. The van der Waals surface area contributed by atoms with Crippen molar-refractivity contribution in [3.8, 4) is 0 Å². The highest BCUT2D eigenvalue weighted by Gasteiger charge is 2.52. The van der Waals surface area contributed by atoms with Crippen molar-refractivity contribution in [2.24, 2.45) is 5.41 Å². The third-order valence-electron chi connectivity index (χ3n) is 2.75. The van der Waals surface area contributed by atoms with E-state index in [0.717, 1.165) is 13.1 Å². The molecule has 1 amide bonds. The van der Waals surface area contributed by atoms with E-state index in [9.17, 15) is 4.79 Å². The average molecular weight is 156 g/mol. The van der Waals surface area contributed by atoms with Crippen molar-refractivity contribution in [2.75, 3.05) is 13.1 Å². The summed E-state index contributed by atoms with van der Waals surface area (Å²) in [7, 11) is 0. The molecule has 1 spiro atoms. The van der Waals surface area contributed by atoms with E-state index in [-0.39, 0.29) is 6.04 Å². The molecule has 1 aliphatic heterocycles. The monoisotopic (exact) mass is 156 g/mol. The van der Waals surface area contributed by atoms with Gasteiger partial charge in [0.1, 0.15) is 0 Å². The second kappa shape index (κ2) is 2.11. The van der Waals surface area contributed by atoms with Crippen LogP contribution in [-0.4, -0.2) is 30.3 Å². The molecule has 1 saturated carbocycles. The van der Waals surface area contributed by atoms with E-state index in [1.165, 1.54) is 12.8 Å². The molecule has 4 heteroatoms. The van der Waals surface area contributed by atoms with Crippen LogP contribution in [0.15, 0.2) is 0 Å². The number of carboxylic acid groups (broad SMARTS) is 1. The van der Waals surface area contributed by atoms with Crippen LogP contribution in [0.5, 0.6) is 0 Å². The van der Waals surface area contributed by atoms with Gasteiger partial charge in [-0.3, -0.25) is 0 Å². The van der Waals surface area contributed by atoms with E-state index in [2.05, 4.69) is 10.6 Å². The maximum atomic E-state index is 10.3. The summed E-state index contributed by atoms with van der Waals surface area (Å²) in [6.07, 6.45) is 1.44. The molecule has 0 aromatic rings. The third-order valence-corrected chi connectivity index (χ3v) is 2.75. The first-order valence-electron chi connectivity index (χ1n) is 3.93. The topological polar surface area (TPSA) is 61.4 Å². The van der Waals surface area contributed by atoms with Gasteiger partial charge in [0.2, 0.25) is 0 Å². The van der Waals surface area contributed by atoms with Gasteiger partial charge in [0.05, 0.1) is 6.04 Å². The van der Waals surface area contributed by atoms with E-state index < -0.39 is 6.09 Å². The summed E-state index contributed by atoms with van der Waals surface area (Å²) in [5, 5.41) is 14.2. The van der Waals surface area contributed by atoms with E-state index in [1.54, 1.807) is 0 Å². The lowest BCUT2D eigenvalue weighted by Gasteiger charge is -2.15. The first-order chi connectivity index (χ1) is 5.23. The Morgan fingerprint density at radius 3 is 2.91 bits per heavy atom. The van der Waals surface area contributed by atoms with E-state index in [4.69, 9.17) is 5.11 Å². The Bertz CT molecular complexity index is 189. The van der Waals surface area contributed by atoms with Gasteiger partial charge in [0.15, 0.2) is 0 Å². The molecule has 62 valence electrons. The fourth-order valence-corrected chi connectivity index (χ4v) is 1.84. The minimum atomic E-state index is -0.898.